The molecule has 2 aliphatic rings. The van der Waals surface area contributed by atoms with E-state index >= 15 is 0 Å². The minimum Gasteiger partial charge on any atom is -0.354 e. The van der Waals surface area contributed by atoms with Gasteiger partial charge < -0.3 is 10.2 Å². The average Bonchev–Trinajstić information content (AvgIpc) is 3.33. The Balaban J connectivity index is 1.53. The maximum absolute atomic E-state index is 4.47. The molecule has 4 nitrogen and oxygen atoms in total. The first-order valence-electron chi connectivity index (χ1n) is 8.37. The number of aromatic nitrogens is 1. The van der Waals surface area contributed by atoms with Crippen molar-refractivity contribution in [2.24, 2.45) is 5.92 Å². The molecule has 1 atom stereocenters. The molecule has 1 N–H and O–H groups in total. The zero-order valence-corrected chi connectivity index (χ0v) is 13.3. The average molecular weight is 288 g/mol. The third kappa shape index (κ3) is 3.95. The Bertz CT molecular complexity index is 422. The molecule has 0 spiro atoms. The van der Waals surface area contributed by atoms with Crippen LogP contribution in [0.15, 0.2) is 24.4 Å². The number of piperazine rings is 1. The summed E-state index contributed by atoms with van der Waals surface area (Å²) >= 11 is 0. The Hall–Kier alpha value is -1.13. The summed E-state index contributed by atoms with van der Waals surface area (Å²) in [7, 11) is 0. The van der Waals surface area contributed by atoms with Crippen LogP contribution in [0.4, 0.5) is 5.82 Å². The lowest BCUT2D eigenvalue weighted by molar-refractivity contribution is 0.142. The predicted octanol–water partition coefficient (Wildman–Crippen LogP) is 1.98. The highest BCUT2D eigenvalue weighted by Gasteiger charge is 2.28. The van der Waals surface area contributed by atoms with Crippen molar-refractivity contribution in [1.29, 1.82) is 0 Å². The second-order valence-electron chi connectivity index (χ2n) is 6.70. The topological polar surface area (TPSA) is 31.4 Å². The van der Waals surface area contributed by atoms with Gasteiger partial charge in [-0.3, -0.25) is 4.90 Å². The molecule has 21 heavy (non-hydrogen) atoms. The molecule has 2 fully saturated rings. The van der Waals surface area contributed by atoms with Crippen molar-refractivity contribution in [2.45, 2.75) is 38.8 Å². The molecule has 4 heteroatoms. The van der Waals surface area contributed by atoms with Gasteiger partial charge in [0.05, 0.1) is 0 Å². The molecule has 1 aromatic rings. The highest BCUT2D eigenvalue weighted by Crippen LogP contribution is 2.21. The summed E-state index contributed by atoms with van der Waals surface area (Å²) in [5, 5.41) is 3.71. The summed E-state index contributed by atoms with van der Waals surface area (Å²) in [5.74, 6) is 1.83. The van der Waals surface area contributed by atoms with Crippen LogP contribution in [0.2, 0.25) is 0 Å². The standard InChI is InChI=1S/C17H28N4/c1-14(2)16(13-19-15-6-7-15)20-9-11-21(12-10-20)17-5-3-4-8-18-17/h3-5,8,14-16,19H,6-7,9-13H2,1-2H3. The lowest BCUT2D eigenvalue weighted by Gasteiger charge is -2.41. The van der Waals surface area contributed by atoms with Gasteiger partial charge in [-0.1, -0.05) is 19.9 Å². The van der Waals surface area contributed by atoms with Crippen LogP contribution in [0.1, 0.15) is 26.7 Å². The summed E-state index contributed by atoms with van der Waals surface area (Å²) in [6.07, 6.45) is 4.63. The minimum absolute atomic E-state index is 0.663. The lowest BCUT2D eigenvalue weighted by Crippen LogP contribution is -2.55. The fourth-order valence-electron chi connectivity index (χ4n) is 3.18. The number of nitrogens with zero attached hydrogens (tertiary/aromatic N) is 3. The molecule has 116 valence electrons. The molecule has 1 unspecified atom stereocenters. The van der Waals surface area contributed by atoms with Gasteiger partial charge in [0.15, 0.2) is 0 Å². The van der Waals surface area contributed by atoms with Crippen LogP contribution in [0.5, 0.6) is 0 Å². The maximum Gasteiger partial charge on any atom is 0.128 e. The van der Waals surface area contributed by atoms with Crippen LogP contribution in [-0.4, -0.2) is 54.7 Å². The van der Waals surface area contributed by atoms with Crippen LogP contribution in [-0.2, 0) is 0 Å². The second-order valence-corrected chi connectivity index (χ2v) is 6.70. The highest BCUT2D eigenvalue weighted by atomic mass is 15.3. The first-order valence-corrected chi connectivity index (χ1v) is 8.37. The van der Waals surface area contributed by atoms with Crippen LogP contribution in [0, 0.1) is 5.92 Å². The van der Waals surface area contributed by atoms with Crippen molar-refractivity contribution in [3.63, 3.8) is 0 Å². The van der Waals surface area contributed by atoms with Gasteiger partial charge in [-0.2, -0.15) is 0 Å². The van der Waals surface area contributed by atoms with Gasteiger partial charge in [0.2, 0.25) is 0 Å². The summed E-state index contributed by atoms with van der Waals surface area (Å²) in [5.41, 5.74) is 0. The van der Waals surface area contributed by atoms with Crippen molar-refractivity contribution in [3.05, 3.63) is 24.4 Å². The highest BCUT2D eigenvalue weighted by molar-refractivity contribution is 5.38. The van der Waals surface area contributed by atoms with Gasteiger partial charge in [-0.15, -0.1) is 0 Å². The molecule has 1 aromatic heterocycles. The van der Waals surface area contributed by atoms with E-state index in [1.54, 1.807) is 0 Å². The van der Waals surface area contributed by atoms with Crippen molar-refractivity contribution in [3.8, 4) is 0 Å². The zero-order valence-electron chi connectivity index (χ0n) is 13.3. The van der Waals surface area contributed by atoms with Gasteiger partial charge in [0, 0.05) is 51.0 Å². The molecular formula is C17H28N4. The first kappa shape index (κ1) is 14.8. The number of anilines is 1. The minimum atomic E-state index is 0.663. The van der Waals surface area contributed by atoms with E-state index in [0.717, 1.165) is 44.6 Å². The van der Waals surface area contributed by atoms with Gasteiger partial charge in [-0.05, 0) is 30.9 Å². The molecule has 0 bridgehead atoms. The SMILES string of the molecule is CC(C)C(CNC1CC1)N1CCN(c2ccccn2)CC1. The molecule has 3 rings (SSSR count). The van der Waals surface area contributed by atoms with Crippen LogP contribution < -0.4 is 10.2 Å². The summed E-state index contributed by atoms with van der Waals surface area (Å²) in [6, 6.07) is 7.64. The van der Waals surface area contributed by atoms with E-state index in [2.05, 4.69) is 46.1 Å². The smallest absolute Gasteiger partial charge is 0.128 e. The number of rotatable bonds is 6. The maximum atomic E-state index is 4.47. The second kappa shape index (κ2) is 6.75. The molecule has 0 aromatic carbocycles. The van der Waals surface area contributed by atoms with Gasteiger partial charge in [0.25, 0.3) is 0 Å². The Morgan fingerprint density at radius 3 is 2.52 bits per heavy atom. The number of hydrogen-bond acceptors (Lipinski definition) is 4. The van der Waals surface area contributed by atoms with Crippen LogP contribution in [0.3, 0.4) is 0 Å². The van der Waals surface area contributed by atoms with Crippen molar-refractivity contribution in [1.82, 2.24) is 15.2 Å². The monoisotopic (exact) mass is 288 g/mol. The Morgan fingerprint density at radius 1 is 1.19 bits per heavy atom. The Labute approximate surface area is 128 Å². The largest absolute Gasteiger partial charge is 0.354 e. The van der Waals surface area contributed by atoms with Crippen molar-refractivity contribution < 1.29 is 0 Å². The van der Waals surface area contributed by atoms with Crippen LogP contribution >= 0.6 is 0 Å². The van der Waals surface area contributed by atoms with Crippen LogP contribution in [0.25, 0.3) is 0 Å². The summed E-state index contributed by atoms with van der Waals surface area (Å²) < 4.78 is 0. The normalized spacial score (nSPS) is 21.8. The lowest BCUT2D eigenvalue weighted by atomic mass is 10.0. The van der Waals surface area contributed by atoms with E-state index in [1.807, 2.05) is 12.3 Å². The number of nitrogens with one attached hydrogen (secondary N) is 1. The van der Waals surface area contributed by atoms with E-state index in [-0.39, 0.29) is 0 Å². The Kier molecular flexibility index (Phi) is 4.76. The molecule has 1 saturated heterocycles. The van der Waals surface area contributed by atoms with E-state index in [9.17, 15) is 0 Å². The van der Waals surface area contributed by atoms with Gasteiger partial charge in [-0.25, -0.2) is 4.98 Å². The van der Waals surface area contributed by atoms with E-state index in [4.69, 9.17) is 0 Å². The molecular weight excluding hydrogens is 260 g/mol. The molecule has 2 heterocycles. The molecule has 1 aliphatic heterocycles. The van der Waals surface area contributed by atoms with Crippen molar-refractivity contribution >= 4 is 5.82 Å². The molecule has 0 amide bonds. The van der Waals surface area contributed by atoms with E-state index in [1.165, 1.54) is 12.8 Å². The third-order valence-corrected chi connectivity index (χ3v) is 4.72. The first-order chi connectivity index (χ1) is 10.2. The van der Waals surface area contributed by atoms with E-state index in [0.29, 0.717) is 12.0 Å². The van der Waals surface area contributed by atoms with Gasteiger partial charge >= 0.3 is 0 Å². The fourth-order valence-corrected chi connectivity index (χ4v) is 3.18. The fraction of sp³-hybridized carbons (Fsp3) is 0.706. The molecule has 1 saturated carbocycles. The van der Waals surface area contributed by atoms with Crippen molar-refractivity contribution in [2.75, 3.05) is 37.6 Å². The predicted molar refractivity (Wildman–Crippen MR) is 87.7 cm³/mol. The number of pyridine rings is 1. The van der Waals surface area contributed by atoms with E-state index < -0.39 is 0 Å². The number of hydrogen-bond donors (Lipinski definition) is 1. The zero-order chi connectivity index (χ0) is 14.7. The third-order valence-electron chi connectivity index (χ3n) is 4.72. The molecule has 0 radical (unpaired) electrons. The van der Waals surface area contributed by atoms with Gasteiger partial charge in [0.1, 0.15) is 5.82 Å². The summed E-state index contributed by atoms with van der Waals surface area (Å²) in [6.45, 7) is 10.3. The Morgan fingerprint density at radius 2 is 1.95 bits per heavy atom. The quantitative estimate of drug-likeness (QED) is 0.867. The summed E-state index contributed by atoms with van der Waals surface area (Å²) in [4.78, 5) is 9.54. The molecule has 1 aliphatic carbocycles.